The molecule has 5 rings (SSSR count). The van der Waals surface area contributed by atoms with Crippen LogP contribution in [0.15, 0.2) is 72.3 Å². The maximum absolute atomic E-state index is 11.1. The minimum Gasteiger partial charge on any atom is -0.407 e. The first-order valence-electron chi connectivity index (χ1n) is 17.1. The van der Waals surface area contributed by atoms with Crippen LogP contribution in [0.2, 0.25) is 5.04 Å². The molecule has 0 spiro atoms. The molecule has 1 saturated carbocycles. The summed E-state index contributed by atoms with van der Waals surface area (Å²) in [4.78, 5) is 0. The van der Waals surface area contributed by atoms with Gasteiger partial charge in [-0.1, -0.05) is 101 Å². The summed E-state index contributed by atoms with van der Waals surface area (Å²) in [6.45, 7) is 15.5. The van der Waals surface area contributed by atoms with Crippen LogP contribution in [-0.4, -0.2) is 66.6 Å². The largest absolute Gasteiger partial charge is 0.407 e. The van der Waals surface area contributed by atoms with Gasteiger partial charge >= 0.3 is 0 Å². The number of hydrogen-bond donors (Lipinski definition) is 3. The Kier molecular flexibility index (Phi) is 10.5. The van der Waals surface area contributed by atoms with Gasteiger partial charge in [0.2, 0.25) is 0 Å². The highest BCUT2D eigenvalue weighted by molar-refractivity contribution is 6.99. The molecule has 2 fully saturated rings. The van der Waals surface area contributed by atoms with Gasteiger partial charge in [-0.05, 0) is 78.3 Å². The van der Waals surface area contributed by atoms with Crippen LogP contribution in [0.3, 0.4) is 0 Å². The van der Waals surface area contributed by atoms with Gasteiger partial charge in [0.25, 0.3) is 8.32 Å². The summed E-state index contributed by atoms with van der Waals surface area (Å²) in [5.74, 6) is -0.793. The Bertz CT molecular complexity index is 1230. The Balaban J connectivity index is 1.29. The molecule has 45 heavy (non-hydrogen) atoms. The van der Waals surface area contributed by atoms with Gasteiger partial charge in [0.1, 0.15) is 0 Å². The lowest BCUT2D eigenvalue weighted by atomic mass is 9.61. The average molecular weight is 637 g/mol. The number of ether oxygens (including phenoxy) is 2. The molecule has 0 aromatic heterocycles. The van der Waals surface area contributed by atoms with Gasteiger partial charge in [0, 0.05) is 18.9 Å². The fourth-order valence-electron chi connectivity index (χ4n) is 8.58. The van der Waals surface area contributed by atoms with E-state index in [1.165, 1.54) is 10.4 Å². The third-order valence-electron chi connectivity index (χ3n) is 10.8. The van der Waals surface area contributed by atoms with Crippen molar-refractivity contribution in [2.24, 2.45) is 23.7 Å². The summed E-state index contributed by atoms with van der Waals surface area (Å²) in [7, 11) is -2.63. The van der Waals surface area contributed by atoms with E-state index in [2.05, 4.69) is 88.4 Å². The summed E-state index contributed by atoms with van der Waals surface area (Å²) >= 11 is 0. The second kappa shape index (κ2) is 13.7. The van der Waals surface area contributed by atoms with E-state index in [4.69, 9.17) is 13.9 Å². The molecule has 6 nitrogen and oxygen atoms in total. The Hall–Kier alpha value is -1.84. The van der Waals surface area contributed by atoms with E-state index < -0.39 is 32.4 Å². The average Bonchev–Trinajstić information content (AvgIpc) is 2.98. The van der Waals surface area contributed by atoms with Crippen LogP contribution in [0.25, 0.3) is 0 Å². The Morgan fingerprint density at radius 1 is 0.822 bits per heavy atom. The number of rotatable bonds is 9. The quantitative estimate of drug-likeness (QED) is 0.246. The fourth-order valence-corrected chi connectivity index (χ4v) is 13.2. The topological polar surface area (TPSA) is 88.4 Å². The molecule has 1 saturated heterocycles. The second-order valence-electron chi connectivity index (χ2n) is 15.4. The maximum Gasteiger partial charge on any atom is 0.261 e. The van der Waals surface area contributed by atoms with E-state index in [9.17, 15) is 15.3 Å². The van der Waals surface area contributed by atoms with Gasteiger partial charge < -0.3 is 29.2 Å². The highest BCUT2D eigenvalue weighted by atomic mass is 28.4. The van der Waals surface area contributed by atoms with Crippen LogP contribution in [0.5, 0.6) is 0 Å². The Morgan fingerprint density at radius 3 is 1.93 bits per heavy atom. The van der Waals surface area contributed by atoms with Gasteiger partial charge in [0.15, 0.2) is 5.79 Å². The lowest BCUT2D eigenvalue weighted by Crippen LogP contribution is -2.66. The first-order chi connectivity index (χ1) is 21.2. The number of aliphatic hydroxyl groups is 3. The molecule has 3 aliphatic rings. The van der Waals surface area contributed by atoms with E-state index in [1.54, 1.807) is 0 Å². The van der Waals surface area contributed by atoms with Crippen LogP contribution >= 0.6 is 0 Å². The molecule has 2 aromatic carbocycles. The molecule has 0 amide bonds. The molecule has 7 heteroatoms. The van der Waals surface area contributed by atoms with E-state index in [1.807, 2.05) is 26.8 Å². The van der Waals surface area contributed by atoms with Crippen LogP contribution < -0.4 is 10.4 Å². The molecule has 1 unspecified atom stereocenters. The van der Waals surface area contributed by atoms with Crippen molar-refractivity contribution in [2.45, 2.75) is 122 Å². The zero-order valence-corrected chi connectivity index (χ0v) is 29.4. The predicted octanol–water partition coefficient (Wildman–Crippen LogP) is 5.57. The number of hydrogen-bond acceptors (Lipinski definition) is 6. The predicted molar refractivity (Wildman–Crippen MR) is 182 cm³/mol. The summed E-state index contributed by atoms with van der Waals surface area (Å²) < 4.78 is 20.1. The lowest BCUT2D eigenvalue weighted by molar-refractivity contribution is -0.302. The first-order valence-corrected chi connectivity index (χ1v) is 19.0. The molecule has 9 atom stereocenters. The minimum atomic E-state index is -2.63. The van der Waals surface area contributed by atoms with Crippen molar-refractivity contribution in [1.29, 1.82) is 0 Å². The van der Waals surface area contributed by atoms with E-state index in [-0.39, 0.29) is 40.9 Å². The van der Waals surface area contributed by atoms with Gasteiger partial charge in [0.05, 0.1) is 30.5 Å². The third-order valence-corrected chi connectivity index (χ3v) is 15.8. The molecule has 0 bridgehead atoms. The summed E-state index contributed by atoms with van der Waals surface area (Å²) in [5.41, 5.74) is 0.823. The minimum absolute atomic E-state index is 0.00231. The van der Waals surface area contributed by atoms with E-state index in [0.717, 1.165) is 31.3 Å². The van der Waals surface area contributed by atoms with Gasteiger partial charge in [-0.15, -0.1) is 0 Å². The van der Waals surface area contributed by atoms with Crippen LogP contribution in [0.4, 0.5) is 0 Å². The normalized spacial score (nSPS) is 33.7. The molecule has 2 aromatic rings. The maximum atomic E-state index is 11.1. The SMILES string of the molecule is C[C@@H]1C[C@H](O)[C@H]2C(=CC(O)[C@H](C)[C@@H]2CC[C@@H]2C[C@H](CCO[Si](c3ccccc3)(c3ccccc3)C(C)(C)C)OC(C)(C)O2)[C@@H]1O. The van der Waals surface area contributed by atoms with Crippen molar-refractivity contribution < 1.29 is 29.2 Å². The number of fused-ring (bicyclic) bond motifs is 1. The lowest BCUT2D eigenvalue weighted by Gasteiger charge is -2.48. The molecule has 2 aliphatic carbocycles. The van der Waals surface area contributed by atoms with Crippen LogP contribution in [0, 0.1) is 23.7 Å². The van der Waals surface area contributed by atoms with E-state index in [0.29, 0.717) is 13.0 Å². The smallest absolute Gasteiger partial charge is 0.261 e. The van der Waals surface area contributed by atoms with Gasteiger partial charge in [-0.25, -0.2) is 0 Å². The third kappa shape index (κ3) is 7.20. The Labute approximate surface area is 271 Å². The highest BCUT2D eigenvalue weighted by Crippen LogP contribution is 2.47. The number of benzene rings is 2. The van der Waals surface area contributed by atoms with Crippen molar-refractivity contribution in [3.8, 4) is 0 Å². The van der Waals surface area contributed by atoms with Crippen LogP contribution in [0.1, 0.15) is 80.6 Å². The molecule has 1 heterocycles. The van der Waals surface area contributed by atoms with Crippen molar-refractivity contribution in [3.05, 3.63) is 72.3 Å². The second-order valence-corrected chi connectivity index (χ2v) is 19.7. The summed E-state index contributed by atoms with van der Waals surface area (Å²) in [6.07, 6.45) is 3.80. The van der Waals surface area contributed by atoms with Crippen molar-refractivity contribution in [3.63, 3.8) is 0 Å². The first kappa shape index (κ1) is 34.5. The number of aliphatic hydroxyl groups excluding tert-OH is 3. The Morgan fingerprint density at radius 2 is 1.38 bits per heavy atom. The summed E-state index contributed by atoms with van der Waals surface area (Å²) in [5, 5.41) is 35.4. The van der Waals surface area contributed by atoms with E-state index >= 15 is 0 Å². The van der Waals surface area contributed by atoms with Gasteiger partial charge in [-0.3, -0.25) is 0 Å². The van der Waals surface area contributed by atoms with Crippen molar-refractivity contribution in [1.82, 2.24) is 0 Å². The van der Waals surface area contributed by atoms with Gasteiger partial charge in [-0.2, -0.15) is 0 Å². The molecule has 248 valence electrons. The zero-order chi connectivity index (χ0) is 32.6. The monoisotopic (exact) mass is 636 g/mol. The molecule has 0 radical (unpaired) electrons. The molecular formula is C38H56O6Si. The fraction of sp³-hybridized carbons (Fsp3) is 0.632. The van der Waals surface area contributed by atoms with Crippen molar-refractivity contribution >= 4 is 18.7 Å². The van der Waals surface area contributed by atoms with Crippen LogP contribution in [-0.2, 0) is 13.9 Å². The highest BCUT2D eigenvalue weighted by Gasteiger charge is 2.51. The summed E-state index contributed by atoms with van der Waals surface area (Å²) in [6, 6.07) is 21.5. The molecular weight excluding hydrogens is 580 g/mol. The standard InChI is InChI=1S/C38H56O6Si/c1-25-22-34(40)35-31(26(2)33(39)24-32(35)36(25)41)19-18-27-23-28(44-38(6,7)43-27)20-21-42-45(37(3,4)5,29-14-10-8-11-15-29)30-16-12-9-13-17-30/h8-17,24-28,31,33-36,39-41H,18-23H2,1-7H3/t25-,26-,27-,28+,31+,33?,34+,35-,36-/m1/s1. The van der Waals surface area contributed by atoms with Crippen molar-refractivity contribution in [2.75, 3.05) is 6.61 Å². The zero-order valence-electron chi connectivity index (χ0n) is 28.4. The molecule has 3 N–H and O–H groups in total. The molecule has 1 aliphatic heterocycles.